The van der Waals surface area contributed by atoms with Crippen LogP contribution in [-0.4, -0.2) is 12.1 Å². The fourth-order valence-corrected chi connectivity index (χ4v) is 3.42. The zero-order valence-corrected chi connectivity index (χ0v) is 11.4. The lowest BCUT2D eigenvalue weighted by Gasteiger charge is -2.42. The van der Waals surface area contributed by atoms with Crippen molar-refractivity contribution in [2.75, 3.05) is 6.54 Å². The van der Waals surface area contributed by atoms with Crippen LogP contribution in [0.2, 0.25) is 0 Å². The first-order valence-electron chi connectivity index (χ1n) is 7.31. The predicted molar refractivity (Wildman–Crippen MR) is 70.5 cm³/mol. The third-order valence-electron chi connectivity index (χ3n) is 4.62. The van der Waals surface area contributed by atoms with Crippen LogP contribution >= 0.6 is 0 Å². The van der Waals surface area contributed by atoms with E-state index in [1.165, 1.54) is 51.5 Å². The van der Waals surface area contributed by atoms with Gasteiger partial charge in [0.05, 0.1) is 0 Å². The SMILES string of the molecule is CC(C)(C)NCC1CCCCC1C1CCC1. The molecule has 2 saturated carbocycles. The maximum Gasteiger partial charge on any atom is 0.00966 e. The molecule has 0 bridgehead atoms. The van der Waals surface area contributed by atoms with E-state index in [-0.39, 0.29) is 0 Å². The van der Waals surface area contributed by atoms with E-state index in [2.05, 4.69) is 26.1 Å². The molecule has 0 amide bonds. The second kappa shape index (κ2) is 5.08. The molecule has 1 nitrogen and oxygen atoms in total. The van der Waals surface area contributed by atoms with Crippen molar-refractivity contribution in [1.82, 2.24) is 5.32 Å². The van der Waals surface area contributed by atoms with Gasteiger partial charge in [-0.15, -0.1) is 0 Å². The zero-order chi connectivity index (χ0) is 11.6. The van der Waals surface area contributed by atoms with Gasteiger partial charge in [0, 0.05) is 5.54 Å². The Labute approximate surface area is 101 Å². The van der Waals surface area contributed by atoms with Gasteiger partial charge in [0.15, 0.2) is 0 Å². The summed E-state index contributed by atoms with van der Waals surface area (Å²) in [5.74, 6) is 3.11. The Morgan fingerprint density at radius 1 is 0.938 bits per heavy atom. The predicted octanol–water partition coefficient (Wildman–Crippen LogP) is 3.98. The molecule has 0 saturated heterocycles. The van der Waals surface area contributed by atoms with Crippen molar-refractivity contribution >= 4 is 0 Å². The third-order valence-corrected chi connectivity index (χ3v) is 4.62. The topological polar surface area (TPSA) is 12.0 Å². The molecule has 2 unspecified atom stereocenters. The average molecular weight is 223 g/mol. The van der Waals surface area contributed by atoms with Gasteiger partial charge in [-0.2, -0.15) is 0 Å². The van der Waals surface area contributed by atoms with Crippen molar-refractivity contribution in [2.45, 2.75) is 71.3 Å². The lowest BCUT2D eigenvalue weighted by Crippen LogP contribution is -2.43. The molecule has 1 heteroatoms. The van der Waals surface area contributed by atoms with E-state index >= 15 is 0 Å². The minimum atomic E-state index is 0.293. The highest BCUT2D eigenvalue weighted by molar-refractivity contribution is 4.87. The molecule has 2 fully saturated rings. The molecule has 2 aliphatic carbocycles. The number of hydrogen-bond donors (Lipinski definition) is 1. The molecule has 2 aliphatic rings. The monoisotopic (exact) mass is 223 g/mol. The molecule has 0 aromatic carbocycles. The highest BCUT2D eigenvalue weighted by atomic mass is 14.9. The van der Waals surface area contributed by atoms with Crippen molar-refractivity contribution in [2.24, 2.45) is 17.8 Å². The van der Waals surface area contributed by atoms with E-state index in [1.54, 1.807) is 0 Å². The summed E-state index contributed by atoms with van der Waals surface area (Å²) in [5, 5.41) is 3.72. The molecule has 0 heterocycles. The average Bonchev–Trinajstić information content (AvgIpc) is 2.12. The Kier molecular flexibility index (Phi) is 3.94. The first-order chi connectivity index (χ1) is 7.56. The summed E-state index contributed by atoms with van der Waals surface area (Å²) in [6, 6.07) is 0. The third kappa shape index (κ3) is 3.23. The van der Waals surface area contributed by atoms with E-state index in [0.29, 0.717) is 5.54 Å². The van der Waals surface area contributed by atoms with Crippen molar-refractivity contribution in [3.05, 3.63) is 0 Å². The van der Waals surface area contributed by atoms with E-state index in [4.69, 9.17) is 0 Å². The quantitative estimate of drug-likeness (QED) is 0.763. The standard InChI is InChI=1S/C15H29N/c1-15(2,3)16-11-13-7-4-5-10-14(13)12-8-6-9-12/h12-14,16H,4-11H2,1-3H3. The van der Waals surface area contributed by atoms with Gasteiger partial charge in [-0.05, 0) is 57.9 Å². The number of hydrogen-bond acceptors (Lipinski definition) is 1. The van der Waals surface area contributed by atoms with Crippen molar-refractivity contribution in [1.29, 1.82) is 0 Å². The van der Waals surface area contributed by atoms with Crippen LogP contribution in [0.4, 0.5) is 0 Å². The smallest absolute Gasteiger partial charge is 0.00966 e. The summed E-state index contributed by atoms with van der Waals surface area (Å²) in [6.45, 7) is 8.11. The molecule has 1 N–H and O–H groups in total. The van der Waals surface area contributed by atoms with Gasteiger partial charge in [0.2, 0.25) is 0 Å². The van der Waals surface area contributed by atoms with Gasteiger partial charge >= 0.3 is 0 Å². The lowest BCUT2D eigenvalue weighted by molar-refractivity contribution is 0.0969. The van der Waals surface area contributed by atoms with Crippen LogP contribution in [0.3, 0.4) is 0 Å². The van der Waals surface area contributed by atoms with Gasteiger partial charge in [-0.1, -0.05) is 32.1 Å². The van der Waals surface area contributed by atoms with Gasteiger partial charge in [0.1, 0.15) is 0 Å². The largest absolute Gasteiger partial charge is 0.312 e. The molecule has 2 rings (SSSR count). The minimum Gasteiger partial charge on any atom is -0.312 e. The lowest BCUT2D eigenvalue weighted by atomic mass is 9.65. The molecule has 0 aromatic rings. The van der Waals surface area contributed by atoms with Crippen molar-refractivity contribution in [3.8, 4) is 0 Å². The van der Waals surface area contributed by atoms with Crippen LogP contribution in [0.5, 0.6) is 0 Å². The summed E-state index contributed by atoms with van der Waals surface area (Å²) < 4.78 is 0. The highest BCUT2D eigenvalue weighted by Crippen LogP contribution is 2.43. The molecular formula is C15H29N. The fourth-order valence-electron chi connectivity index (χ4n) is 3.42. The first kappa shape index (κ1) is 12.4. The van der Waals surface area contributed by atoms with Crippen LogP contribution in [-0.2, 0) is 0 Å². The second-order valence-corrected chi connectivity index (χ2v) is 7.03. The van der Waals surface area contributed by atoms with E-state index in [0.717, 1.165) is 17.8 Å². The Morgan fingerprint density at radius 2 is 1.62 bits per heavy atom. The normalized spacial score (nSPS) is 32.4. The van der Waals surface area contributed by atoms with Crippen LogP contribution in [0.15, 0.2) is 0 Å². The van der Waals surface area contributed by atoms with E-state index in [9.17, 15) is 0 Å². The fraction of sp³-hybridized carbons (Fsp3) is 1.00. The zero-order valence-electron chi connectivity index (χ0n) is 11.4. The van der Waals surface area contributed by atoms with Crippen LogP contribution in [0, 0.1) is 17.8 Å². The molecular weight excluding hydrogens is 194 g/mol. The summed E-state index contributed by atoms with van der Waals surface area (Å²) >= 11 is 0. The first-order valence-corrected chi connectivity index (χ1v) is 7.31. The molecule has 2 atom stereocenters. The number of nitrogens with one attached hydrogen (secondary N) is 1. The highest BCUT2D eigenvalue weighted by Gasteiger charge is 2.34. The molecule has 0 aromatic heterocycles. The second-order valence-electron chi connectivity index (χ2n) is 7.03. The van der Waals surface area contributed by atoms with Crippen LogP contribution in [0.1, 0.15) is 65.7 Å². The van der Waals surface area contributed by atoms with Gasteiger partial charge in [0.25, 0.3) is 0 Å². The molecule has 0 radical (unpaired) electrons. The van der Waals surface area contributed by atoms with E-state index < -0.39 is 0 Å². The van der Waals surface area contributed by atoms with E-state index in [1.807, 2.05) is 0 Å². The van der Waals surface area contributed by atoms with Crippen LogP contribution < -0.4 is 5.32 Å². The van der Waals surface area contributed by atoms with Gasteiger partial charge < -0.3 is 5.32 Å². The van der Waals surface area contributed by atoms with Gasteiger partial charge in [-0.3, -0.25) is 0 Å². The van der Waals surface area contributed by atoms with Crippen LogP contribution in [0.25, 0.3) is 0 Å². The van der Waals surface area contributed by atoms with Gasteiger partial charge in [-0.25, -0.2) is 0 Å². The number of rotatable bonds is 3. The van der Waals surface area contributed by atoms with Crippen molar-refractivity contribution < 1.29 is 0 Å². The Hall–Kier alpha value is -0.0400. The van der Waals surface area contributed by atoms with Crippen molar-refractivity contribution in [3.63, 3.8) is 0 Å². The minimum absolute atomic E-state index is 0.293. The summed E-state index contributed by atoms with van der Waals surface area (Å²) in [7, 11) is 0. The maximum atomic E-state index is 3.72. The Balaban J connectivity index is 1.84. The molecule has 94 valence electrons. The molecule has 0 spiro atoms. The molecule has 16 heavy (non-hydrogen) atoms. The molecule has 0 aliphatic heterocycles. The summed E-state index contributed by atoms with van der Waals surface area (Å²) in [5.41, 5.74) is 0.293. The summed E-state index contributed by atoms with van der Waals surface area (Å²) in [6.07, 6.45) is 10.5. The Morgan fingerprint density at radius 3 is 2.19 bits per heavy atom. The summed E-state index contributed by atoms with van der Waals surface area (Å²) in [4.78, 5) is 0. The maximum absolute atomic E-state index is 3.72. The Bertz CT molecular complexity index is 212.